The number of rotatable bonds is 7. The number of nitriles is 1. The number of carbonyl (C=O) groups is 1. The van der Waals surface area contributed by atoms with Crippen molar-refractivity contribution >= 4 is 18.3 Å². The van der Waals surface area contributed by atoms with Crippen LogP contribution >= 0.6 is 12.4 Å². The number of primary amides is 1. The Labute approximate surface area is 153 Å². The summed E-state index contributed by atoms with van der Waals surface area (Å²) in [5, 5.41) is 12.0. The normalized spacial score (nSPS) is 17.9. The Bertz CT molecular complexity index is 771. The molecule has 0 heterocycles. The topological polar surface area (TPSA) is 88.1 Å². The van der Waals surface area contributed by atoms with E-state index < -0.39 is 0 Å². The molecular formula is C19H20ClN3O2. The molecule has 1 aliphatic carbocycles. The third kappa shape index (κ3) is 5.21. The van der Waals surface area contributed by atoms with Crippen molar-refractivity contribution < 1.29 is 9.53 Å². The molecule has 1 aliphatic rings. The van der Waals surface area contributed by atoms with Crippen molar-refractivity contribution in [3.05, 3.63) is 65.2 Å². The lowest BCUT2D eigenvalue weighted by molar-refractivity contribution is -0.117. The molecule has 0 aliphatic heterocycles. The van der Waals surface area contributed by atoms with Gasteiger partial charge < -0.3 is 15.8 Å². The summed E-state index contributed by atoms with van der Waals surface area (Å²) >= 11 is 0. The minimum atomic E-state index is -0.329. The first-order valence-corrected chi connectivity index (χ1v) is 7.89. The molecule has 1 amide bonds. The van der Waals surface area contributed by atoms with E-state index in [-0.39, 0.29) is 24.9 Å². The summed E-state index contributed by atoms with van der Waals surface area (Å²) in [7, 11) is 0. The molecule has 0 spiro atoms. The second-order valence-electron chi connectivity index (χ2n) is 5.97. The molecule has 0 bridgehead atoms. The zero-order valence-electron chi connectivity index (χ0n) is 13.6. The van der Waals surface area contributed by atoms with Gasteiger partial charge in [-0.2, -0.15) is 5.26 Å². The number of nitrogens with one attached hydrogen (secondary N) is 1. The monoisotopic (exact) mass is 357 g/mol. The molecule has 2 aromatic carbocycles. The van der Waals surface area contributed by atoms with Crippen molar-refractivity contribution in [1.29, 1.82) is 5.26 Å². The maximum atomic E-state index is 10.8. The third-order valence-corrected chi connectivity index (χ3v) is 4.10. The molecule has 25 heavy (non-hydrogen) atoms. The van der Waals surface area contributed by atoms with Crippen LogP contribution in [0.25, 0.3) is 0 Å². The van der Waals surface area contributed by atoms with Crippen molar-refractivity contribution in [2.75, 3.05) is 6.54 Å². The minimum absolute atomic E-state index is 0. The van der Waals surface area contributed by atoms with Crippen LogP contribution in [0.15, 0.2) is 48.5 Å². The van der Waals surface area contributed by atoms with Crippen LogP contribution in [0.4, 0.5) is 0 Å². The molecule has 1 fully saturated rings. The summed E-state index contributed by atoms with van der Waals surface area (Å²) in [6.07, 6.45) is 1.02. The quantitative estimate of drug-likeness (QED) is 0.796. The molecular weight excluding hydrogens is 338 g/mol. The number of nitrogens with two attached hydrogens (primary N) is 1. The second kappa shape index (κ2) is 8.52. The predicted octanol–water partition coefficient (Wildman–Crippen LogP) is 2.49. The number of halogens is 1. The largest absolute Gasteiger partial charge is 0.489 e. The maximum Gasteiger partial charge on any atom is 0.231 e. The Hall–Kier alpha value is -2.55. The molecule has 5 nitrogen and oxygen atoms in total. The SMILES string of the molecule is Cl.N#Cc1cccc(COc2ccc(C3C[C@@H]3NCC(N)=O)cc2)c1. The molecule has 6 heteroatoms. The van der Waals surface area contributed by atoms with Gasteiger partial charge in [0, 0.05) is 12.0 Å². The lowest BCUT2D eigenvalue weighted by atomic mass is 10.1. The zero-order valence-corrected chi connectivity index (χ0v) is 14.5. The standard InChI is InChI=1S/C19H19N3O2.ClH/c20-10-13-2-1-3-14(8-13)12-24-16-6-4-15(5-7-16)17-9-18(17)22-11-19(21)23;/h1-8,17-18,22H,9,11-12H2,(H2,21,23);1H/t17?,18-;/m0./s1. The fourth-order valence-electron chi connectivity index (χ4n) is 2.73. The highest BCUT2D eigenvalue weighted by Gasteiger charge is 2.37. The molecule has 1 saturated carbocycles. The molecule has 2 aromatic rings. The van der Waals surface area contributed by atoms with Crippen molar-refractivity contribution in [1.82, 2.24) is 5.32 Å². The average Bonchev–Trinajstić information content (AvgIpc) is 3.38. The van der Waals surface area contributed by atoms with Crippen LogP contribution in [0.3, 0.4) is 0 Å². The minimum Gasteiger partial charge on any atom is -0.489 e. The van der Waals surface area contributed by atoms with E-state index in [1.165, 1.54) is 5.56 Å². The molecule has 1 unspecified atom stereocenters. The number of hydrogen-bond acceptors (Lipinski definition) is 4. The highest BCUT2D eigenvalue weighted by Crippen LogP contribution is 2.41. The summed E-state index contributed by atoms with van der Waals surface area (Å²) < 4.78 is 5.77. The van der Waals surface area contributed by atoms with Crippen LogP contribution in [0.1, 0.15) is 29.0 Å². The number of hydrogen-bond donors (Lipinski definition) is 2. The Morgan fingerprint density at radius 1 is 1.28 bits per heavy atom. The summed E-state index contributed by atoms with van der Waals surface area (Å²) in [5.41, 5.74) is 7.97. The van der Waals surface area contributed by atoms with E-state index in [0.29, 0.717) is 24.1 Å². The van der Waals surface area contributed by atoms with Crippen molar-refractivity contribution in [3.63, 3.8) is 0 Å². The van der Waals surface area contributed by atoms with E-state index in [4.69, 9.17) is 15.7 Å². The fourth-order valence-corrected chi connectivity index (χ4v) is 2.73. The van der Waals surface area contributed by atoms with E-state index in [1.54, 1.807) is 6.07 Å². The molecule has 0 aromatic heterocycles. The molecule has 3 N–H and O–H groups in total. The fraction of sp³-hybridized carbons (Fsp3) is 0.263. The van der Waals surface area contributed by atoms with Crippen LogP contribution in [0.2, 0.25) is 0 Å². The Morgan fingerprint density at radius 3 is 2.72 bits per heavy atom. The Morgan fingerprint density at radius 2 is 2.04 bits per heavy atom. The first kappa shape index (κ1) is 18.8. The number of ether oxygens (including phenoxy) is 1. The molecule has 130 valence electrons. The van der Waals surface area contributed by atoms with Gasteiger partial charge >= 0.3 is 0 Å². The lowest BCUT2D eigenvalue weighted by Crippen LogP contribution is -2.30. The van der Waals surface area contributed by atoms with Crippen molar-refractivity contribution in [2.24, 2.45) is 5.73 Å². The van der Waals surface area contributed by atoms with Crippen LogP contribution in [0.5, 0.6) is 5.75 Å². The highest BCUT2D eigenvalue weighted by molar-refractivity contribution is 5.85. The molecule has 3 rings (SSSR count). The van der Waals surface area contributed by atoms with Gasteiger partial charge in [-0.05, 0) is 41.8 Å². The van der Waals surface area contributed by atoms with Crippen LogP contribution < -0.4 is 15.8 Å². The summed E-state index contributed by atoms with van der Waals surface area (Å²) in [6, 6.07) is 17.9. The number of nitrogens with zero attached hydrogens (tertiary/aromatic N) is 1. The first-order valence-electron chi connectivity index (χ1n) is 7.89. The average molecular weight is 358 g/mol. The number of benzene rings is 2. The van der Waals surface area contributed by atoms with Gasteiger partial charge in [0.1, 0.15) is 12.4 Å². The van der Waals surface area contributed by atoms with Crippen LogP contribution in [-0.4, -0.2) is 18.5 Å². The van der Waals surface area contributed by atoms with Gasteiger partial charge in [-0.15, -0.1) is 12.4 Å². The van der Waals surface area contributed by atoms with Gasteiger partial charge in [0.15, 0.2) is 0 Å². The van der Waals surface area contributed by atoms with Gasteiger partial charge in [0.05, 0.1) is 18.2 Å². The maximum absolute atomic E-state index is 10.8. The van der Waals surface area contributed by atoms with Crippen molar-refractivity contribution in [2.45, 2.75) is 25.0 Å². The first-order chi connectivity index (χ1) is 11.7. The van der Waals surface area contributed by atoms with E-state index in [0.717, 1.165) is 17.7 Å². The van der Waals surface area contributed by atoms with Crippen LogP contribution in [-0.2, 0) is 11.4 Å². The van der Waals surface area contributed by atoms with E-state index in [1.807, 2.05) is 30.3 Å². The molecule has 2 atom stereocenters. The summed E-state index contributed by atoms with van der Waals surface area (Å²) in [4.78, 5) is 10.8. The summed E-state index contributed by atoms with van der Waals surface area (Å²) in [6.45, 7) is 0.658. The van der Waals surface area contributed by atoms with E-state index in [9.17, 15) is 4.79 Å². The summed E-state index contributed by atoms with van der Waals surface area (Å²) in [5.74, 6) is 0.902. The second-order valence-corrected chi connectivity index (χ2v) is 5.97. The van der Waals surface area contributed by atoms with Crippen molar-refractivity contribution in [3.8, 4) is 11.8 Å². The van der Waals surface area contributed by atoms with Gasteiger partial charge in [0.25, 0.3) is 0 Å². The zero-order chi connectivity index (χ0) is 16.9. The number of amides is 1. The lowest BCUT2D eigenvalue weighted by Gasteiger charge is -2.08. The van der Waals surface area contributed by atoms with E-state index >= 15 is 0 Å². The predicted molar refractivity (Wildman–Crippen MR) is 97.5 cm³/mol. The van der Waals surface area contributed by atoms with E-state index in [2.05, 4.69) is 23.5 Å². The molecule has 0 saturated heterocycles. The van der Waals surface area contributed by atoms with Gasteiger partial charge in [-0.1, -0.05) is 24.3 Å². The van der Waals surface area contributed by atoms with Gasteiger partial charge in [0.2, 0.25) is 5.91 Å². The van der Waals surface area contributed by atoms with Gasteiger partial charge in [-0.25, -0.2) is 0 Å². The molecule has 0 radical (unpaired) electrons. The smallest absolute Gasteiger partial charge is 0.231 e. The number of carbonyl (C=O) groups excluding carboxylic acids is 1. The highest BCUT2D eigenvalue weighted by atomic mass is 35.5. The Balaban J connectivity index is 0.00000225. The van der Waals surface area contributed by atoms with Crippen LogP contribution in [0, 0.1) is 11.3 Å². The third-order valence-electron chi connectivity index (χ3n) is 4.10. The van der Waals surface area contributed by atoms with Gasteiger partial charge in [-0.3, -0.25) is 4.79 Å². The Kier molecular flexibility index (Phi) is 6.40.